The molecule has 0 radical (unpaired) electrons. The number of halogens is 1. The van der Waals surface area contributed by atoms with Crippen LogP contribution in [-0.2, 0) is 6.54 Å². The summed E-state index contributed by atoms with van der Waals surface area (Å²) in [6, 6.07) is 16.8. The van der Waals surface area contributed by atoms with Crippen LogP contribution in [0, 0.1) is 5.41 Å². The lowest BCUT2D eigenvalue weighted by Crippen LogP contribution is -2.32. The van der Waals surface area contributed by atoms with Crippen LogP contribution >= 0.6 is 12.4 Å². The Morgan fingerprint density at radius 2 is 1.58 bits per heavy atom. The normalized spacial score (nSPS) is 12.2. The van der Waals surface area contributed by atoms with E-state index in [1.54, 1.807) is 14.2 Å². The molecular formula is C20H28ClNO2. The Bertz CT molecular complexity index is 623. The first-order valence-electron chi connectivity index (χ1n) is 7.95. The highest BCUT2D eigenvalue weighted by atomic mass is 35.5. The summed E-state index contributed by atoms with van der Waals surface area (Å²) in [5.74, 6) is 1.56. The van der Waals surface area contributed by atoms with Crippen molar-refractivity contribution in [2.24, 2.45) is 5.41 Å². The third-order valence-corrected chi connectivity index (χ3v) is 3.98. The molecule has 0 aliphatic heterocycles. The quantitative estimate of drug-likeness (QED) is 0.795. The van der Waals surface area contributed by atoms with Crippen LogP contribution in [0.1, 0.15) is 37.9 Å². The molecule has 0 amide bonds. The Kier molecular flexibility index (Phi) is 7.59. The molecule has 132 valence electrons. The molecule has 0 spiro atoms. The Balaban J connectivity index is 0.00000288. The molecule has 1 N–H and O–H groups in total. The summed E-state index contributed by atoms with van der Waals surface area (Å²) in [5, 5.41) is 3.68. The fraction of sp³-hybridized carbons (Fsp3) is 0.400. The fourth-order valence-corrected chi connectivity index (χ4v) is 2.87. The van der Waals surface area contributed by atoms with Gasteiger partial charge in [0.2, 0.25) is 0 Å². The van der Waals surface area contributed by atoms with Crippen molar-refractivity contribution in [2.75, 3.05) is 14.2 Å². The summed E-state index contributed by atoms with van der Waals surface area (Å²) < 4.78 is 10.9. The lowest BCUT2D eigenvalue weighted by molar-refractivity contribution is 0.269. The monoisotopic (exact) mass is 349 g/mol. The van der Waals surface area contributed by atoms with Gasteiger partial charge in [0.15, 0.2) is 11.5 Å². The summed E-state index contributed by atoms with van der Waals surface area (Å²) in [4.78, 5) is 0. The Morgan fingerprint density at radius 1 is 0.917 bits per heavy atom. The molecule has 4 heteroatoms. The summed E-state index contributed by atoms with van der Waals surface area (Å²) in [6.07, 6.45) is 0. The second-order valence-corrected chi connectivity index (χ2v) is 6.74. The first-order chi connectivity index (χ1) is 11.0. The van der Waals surface area contributed by atoms with Crippen LogP contribution in [0.3, 0.4) is 0 Å². The van der Waals surface area contributed by atoms with Crippen LogP contribution in [0.15, 0.2) is 48.5 Å². The average molecular weight is 350 g/mol. The van der Waals surface area contributed by atoms with E-state index < -0.39 is 0 Å². The molecule has 0 aliphatic rings. The van der Waals surface area contributed by atoms with E-state index in [0.717, 1.165) is 23.6 Å². The highest BCUT2D eigenvalue weighted by Gasteiger charge is 2.26. The molecule has 24 heavy (non-hydrogen) atoms. The van der Waals surface area contributed by atoms with Crippen molar-refractivity contribution >= 4 is 12.4 Å². The van der Waals surface area contributed by atoms with Crippen LogP contribution in [0.25, 0.3) is 0 Å². The Labute approximate surface area is 151 Å². The molecule has 3 nitrogen and oxygen atoms in total. The van der Waals surface area contributed by atoms with Gasteiger partial charge in [-0.1, -0.05) is 63.2 Å². The second kappa shape index (κ2) is 8.95. The van der Waals surface area contributed by atoms with Crippen molar-refractivity contribution in [3.63, 3.8) is 0 Å². The fourth-order valence-electron chi connectivity index (χ4n) is 2.87. The molecule has 0 saturated carbocycles. The van der Waals surface area contributed by atoms with E-state index in [1.807, 2.05) is 18.2 Å². The van der Waals surface area contributed by atoms with Crippen LogP contribution in [0.4, 0.5) is 0 Å². The minimum atomic E-state index is 0. The van der Waals surface area contributed by atoms with Gasteiger partial charge in [-0.25, -0.2) is 0 Å². The molecular weight excluding hydrogens is 322 g/mol. The van der Waals surface area contributed by atoms with Gasteiger partial charge in [-0.15, -0.1) is 12.4 Å². The van der Waals surface area contributed by atoms with Gasteiger partial charge in [-0.05, 0) is 17.0 Å². The first-order valence-corrected chi connectivity index (χ1v) is 7.95. The number of nitrogens with one attached hydrogen (secondary N) is 1. The molecule has 0 saturated heterocycles. The van der Waals surface area contributed by atoms with E-state index in [4.69, 9.17) is 9.47 Å². The van der Waals surface area contributed by atoms with Gasteiger partial charge < -0.3 is 14.8 Å². The zero-order valence-electron chi connectivity index (χ0n) is 15.1. The number of methoxy groups -OCH3 is 2. The number of hydrogen-bond donors (Lipinski definition) is 1. The van der Waals surface area contributed by atoms with E-state index in [-0.39, 0.29) is 23.9 Å². The smallest absolute Gasteiger partial charge is 0.165 e. The standard InChI is InChI=1S/C20H27NO2.ClH/c1-20(2,3)19(15-10-7-6-8-11-15)21-14-16-12-9-13-17(22-4)18(16)23-5;/h6-13,19,21H,14H2,1-5H3;1H. The molecule has 0 bridgehead atoms. The lowest BCUT2D eigenvalue weighted by atomic mass is 9.82. The lowest BCUT2D eigenvalue weighted by Gasteiger charge is -2.32. The van der Waals surface area contributed by atoms with Gasteiger partial charge in [-0.2, -0.15) is 0 Å². The predicted molar refractivity (Wildman–Crippen MR) is 102 cm³/mol. The van der Waals surface area contributed by atoms with E-state index in [0.29, 0.717) is 0 Å². The summed E-state index contributed by atoms with van der Waals surface area (Å²) >= 11 is 0. The molecule has 2 aromatic carbocycles. The number of hydrogen-bond acceptors (Lipinski definition) is 3. The zero-order chi connectivity index (χ0) is 16.9. The largest absolute Gasteiger partial charge is 0.493 e. The number of benzene rings is 2. The molecule has 0 aromatic heterocycles. The maximum Gasteiger partial charge on any atom is 0.165 e. The van der Waals surface area contributed by atoms with Gasteiger partial charge in [0.1, 0.15) is 0 Å². The van der Waals surface area contributed by atoms with Crippen molar-refractivity contribution in [1.29, 1.82) is 0 Å². The summed E-state index contributed by atoms with van der Waals surface area (Å²) in [5.41, 5.74) is 2.49. The van der Waals surface area contributed by atoms with Crippen LogP contribution in [-0.4, -0.2) is 14.2 Å². The van der Waals surface area contributed by atoms with Crippen LogP contribution < -0.4 is 14.8 Å². The van der Waals surface area contributed by atoms with Crippen molar-refractivity contribution in [1.82, 2.24) is 5.32 Å². The maximum absolute atomic E-state index is 5.53. The van der Waals surface area contributed by atoms with Crippen molar-refractivity contribution in [2.45, 2.75) is 33.4 Å². The van der Waals surface area contributed by atoms with Crippen molar-refractivity contribution in [3.8, 4) is 11.5 Å². The van der Waals surface area contributed by atoms with Gasteiger partial charge in [0, 0.05) is 18.2 Å². The molecule has 1 atom stereocenters. The number of para-hydroxylation sites is 1. The van der Waals surface area contributed by atoms with E-state index in [9.17, 15) is 0 Å². The van der Waals surface area contributed by atoms with Gasteiger partial charge in [0.05, 0.1) is 14.2 Å². The van der Waals surface area contributed by atoms with E-state index in [2.05, 4.69) is 56.4 Å². The van der Waals surface area contributed by atoms with Gasteiger partial charge >= 0.3 is 0 Å². The van der Waals surface area contributed by atoms with E-state index in [1.165, 1.54) is 5.56 Å². The molecule has 0 aliphatic carbocycles. The highest BCUT2D eigenvalue weighted by Crippen LogP contribution is 2.35. The third kappa shape index (κ3) is 4.89. The molecule has 1 unspecified atom stereocenters. The van der Waals surface area contributed by atoms with Crippen LogP contribution in [0.5, 0.6) is 11.5 Å². The number of rotatable bonds is 6. The average Bonchev–Trinajstić information content (AvgIpc) is 2.54. The Hall–Kier alpha value is -1.71. The summed E-state index contributed by atoms with van der Waals surface area (Å²) in [6.45, 7) is 7.47. The van der Waals surface area contributed by atoms with Crippen molar-refractivity contribution < 1.29 is 9.47 Å². The highest BCUT2D eigenvalue weighted by molar-refractivity contribution is 5.85. The minimum absolute atomic E-state index is 0. The van der Waals surface area contributed by atoms with Gasteiger partial charge in [0.25, 0.3) is 0 Å². The predicted octanol–water partition coefficient (Wildman–Crippen LogP) is 5.00. The molecule has 2 rings (SSSR count). The second-order valence-electron chi connectivity index (χ2n) is 6.74. The van der Waals surface area contributed by atoms with Crippen LogP contribution in [0.2, 0.25) is 0 Å². The molecule has 2 aromatic rings. The molecule has 0 fully saturated rings. The maximum atomic E-state index is 5.53. The first kappa shape index (κ1) is 20.3. The molecule has 0 heterocycles. The summed E-state index contributed by atoms with van der Waals surface area (Å²) in [7, 11) is 3.34. The van der Waals surface area contributed by atoms with E-state index >= 15 is 0 Å². The SMILES string of the molecule is COc1cccc(CNC(c2ccccc2)C(C)(C)C)c1OC.Cl. The Morgan fingerprint density at radius 3 is 2.12 bits per heavy atom. The number of ether oxygens (including phenoxy) is 2. The third-order valence-electron chi connectivity index (χ3n) is 3.98. The topological polar surface area (TPSA) is 30.5 Å². The minimum Gasteiger partial charge on any atom is -0.493 e. The van der Waals surface area contributed by atoms with Gasteiger partial charge in [-0.3, -0.25) is 0 Å². The zero-order valence-corrected chi connectivity index (χ0v) is 15.9. The van der Waals surface area contributed by atoms with Crippen molar-refractivity contribution in [3.05, 3.63) is 59.7 Å².